The zero-order valence-corrected chi connectivity index (χ0v) is 8.43. The van der Waals surface area contributed by atoms with Gasteiger partial charge in [-0.2, -0.15) is 0 Å². The third-order valence-electron chi connectivity index (χ3n) is 3.21. The van der Waals surface area contributed by atoms with E-state index in [0.29, 0.717) is 5.54 Å². The van der Waals surface area contributed by atoms with Crippen molar-refractivity contribution in [1.82, 2.24) is 10.2 Å². The van der Waals surface area contributed by atoms with Gasteiger partial charge in [0, 0.05) is 30.7 Å². The molecule has 70 valence electrons. The maximum absolute atomic E-state index is 3.58. The van der Waals surface area contributed by atoms with Crippen LogP contribution in [0.5, 0.6) is 0 Å². The number of hydrogen-bond acceptors (Lipinski definition) is 2. The number of nitrogens with zero attached hydrogens (tertiary/aromatic N) is 1. The Labute approximate surface area is 75.3 Å². The summed E-state index contributed by atoms with van der Waals surface area (Å²) in [7, 11) is 0. The average Bonchev–Trinajstić information content (AvgIpc) is 2.05. The molecule has 0 aromatic heterocycles. The number of rotatable bonds is 0. The number of hydrogen-bond donors (Lipinski definition) is 1. The molecule has 0 aromatic rings. The van der Waals surface area contributed by atoms with Crippen LogP contribution in [0.1, 0.15) is 33.6 Å². The first-order valence-corrected chi connectivity index (χ1v) is 5.07. The van der Waals surface area contributed by atoms with E-state index in [1.807, 2.05) is 0 Å². The van der Waals surface area contributed by atoms with Gasteiger partial charge in [0.15, 0.2) is 0 Å². The average molecular weight is 168 g/mol. The number of piperidine rings is 2. The summed E-state index contributed by atoms with van der Waals surface area (Å²) in [4.78, 5) is 2.66. The third-order valence-corrected chi connectivity index (χ3v) is 3.21. The minimum atomic E-state index is 0.367. The van der Waals surface area contributed by atoms with Gasteiger partial charge < -0.3 is 5.32 Å². The number of nitrogens with one attached hydrogen (secondary N) is 1. The Morgan fingerprint density at radius 1 is 1.25 bits per heavy atom. The van der Waals surface area contributed by atoms with Crippen molar-refractivity contribution in [1.29, 1.82) is 0 Å². The van der Waals surface area contributed by atoms with E-state index in [4.69, 9.17) is 0 Å². The highest BCUT2D eigenvalue weighted by molar-refractivity contribution is 4.97. The van der Waals surface area contributed by atoms with E-state index in [9.17, 15) is 0 Å². The highest BCUT2D eigenvalue weighted by Gasteiger charge is 2.38. The SMILES string of the molecule is CC(C)(C)N1C[C@@H]2CC[C@@H]1CN2. The van der Waals surface area contributed by atoms with Crippen molar-refractivity contribution in [2.75, 3.05) is 13.1 Å². The molecule has 2 heteroatoms. The molecule has 12 heavy (non-hydrogen) atoms. The van der Waals surface area contributed by atoms with E-state index >= 15 is 0 Å². The molecule has 2 atom stereocenters. The molecule has 3 rings (SSSR count). The molecular weight excluding hydrogens is 148 g/mol. The first kappa shape index (κ1) is 8.52. The first-order valence-electron chi connectivity index (χ1n) is 5.07. The topological polar surface area (TPSA) is 15.3 Å². The van der Waals surface area contributed by atoms with Crippen molar-refractivity contribution in [3.8, 4) is 0 Å². The summed E-state index contributed by atoms with van der Waals surface area (Å²) in [6.45, 7) is 9.45. The van der Waals surface area contributed by atoms with Crippen LogP contribution in [0.25, 0.3) is 0 Å². The molecule has 2 bridgehead atoms. The lowest BCUT2D eigenvalue weighted by molar-refractivity contribution is 0.00390. The summed E-state index contributed by atoms with van der Waals surface area (Å²) in [5.74, 6) is 0. The summed E-state index contributed by atoms with van der Waals surface area (Å²) in [5, 5.41) is 3.58. The minimum Gasteiger partial charge on any atom is -0.311 e. The smallest absolute Gasteiger partial charge is 0.0227 e. The molecule has 0 radical (unpaired) electrons. The number of fused-ring (bicyclic) bond motifs is 3. The van der Waals surface area contributed by atoms with Crippen LogP contribution in [-0.4, -0.2) is 35.6 Å². The highest BCUT2D eigenvalue weighted by atomic mass is 15.3. The van der Waals surface area contributed by atoms with Gasteiger partial charge in [-0.1, -0.05) is 0 Å². The van der Waals surface area contributed by atoms with Gasteiger partial charge in [0.2, 0.25) is 0 Å². The fourth-order valence-corrected chi connectivity index (χ4v) is 2.53. The molecule has 2 nitrogen and oxygen atoms in total. The van der Waals surface area contributed by atoms with E-state index in [1.165, 1.54) is 25.9 Å². The summed E-state index contributed by atoms with van der Waals surface area (Å²) in [6.07, 6.45) is 2.78. The van der Waals surface area contributed by atoms with Crippen molar-refractivity contribution in [3.05, 3.63) is 0 Å². The lowest BCUT2D eigenvalue weighted by atomic mass is 9.88. The number of piperazine rings is 1. The third kappa shape index (κ3) is 1.38. The van der Waals surface area contributed by atoms with Crippen molar-refractivity contribution in [2.45, 2.75) is 51.2 Å². The molecule has 0 unspecified atom stereocenters. The van der Waals surface area contributed by atoms with Gasteiger partial charge in [-0.15, -0.1) is 0 Å². The van der Waals surface area contributed by atoms with E-state index in [-0.39, 0.29) is 0 Å². The fourth-order valence-electron chi connectivity index (χ4n) is 2.53. The normalized spacial score (nSPS) is 37.2. The summed E-state index contributed by atoms with van der Waals surface area (Å²) in [5.41, 5.74) is 0.367. The lowest BCUT2D eigenvalue weighted by Gasteiger charge is -2.51. The fraction of sp³-hybridized carbons (Fsp3) is 1.00. The van der Waals surface area contributed by atoms with E-state index in [1.54, 1.807) is 0 Å². The van der Waals surface area contributed by atoms with Crippen LogP contribution >= 0.6 is 0 Å². The van der Waals surface area contributed by atoms with Crippen molar-refractivity contribution >= 4 is 0 Å². The zero-order chi connectivity index (χ0) is 8.77. The van der Waals surface area contributed by atoms with Crippen LogP contribution in [0.15, 0.2) is 0 Å². The second-order valence-corrected chi connectivity index (χ2v) is 5.16. The van der Waals surface area contributed by atoms with E-state index < -0.39 is 0 Å². The van der Waals surface area contributed by atoms with Gasteiger partial charge in [-0.25, -0.2) is 0 Å². The van der Waals surface area contributed by atoms with Crippen LogP contribution < -0.4 is 5.32 Å². The largest absolute Gasteiger partial charge is 0.311 e. The molecule has 0 amide bonds. The van der Waals surface area contributed by atoms with E-state index in [2.05, 4.69) is 31.0 Å². The maximum Gasteiger partial charge on any atom is 0.0227 e. The summed E-state index contributed by atoms with van der Waals surface area (Å²) < 4.78 is 0. The monoisotopic (exact) mass is 168 g/mol. The Balaban J connectivity index is 2.09. The lowest BCUT2D eigenvalue weighted by Crippen LogP contribution is -2.65. The standard InChI is InChI=1S/C10H20N2/c1-10(2,3)12-7-8-4-5-9(12)6-11-8/h8-9,11H,4-7H2,1-3H3/t8-,9+/m0/s1. The molecule has 0 aromatic carbocycles. The Kier molecular flexibility index (Phi) is 1.92. The van der Waals surface area contributed by atoms with Crippen LogP contribution in [-0.2, 0) is 0 Å². The van der Waals surface area contributed by atoms with Crippen molar-refractivity contribution in [2.24, 2.45) is 0 Å². The molecule has 0 spiro atoms. The predicted molar refractivity (Wildman–Crippen MR) is 51.3 cm³/mol. The molecule has 3 saturated heterocycles. The van der Waals surface area contributed by atoms with Gasteiger partial charge in [0.25, 0.3) is 0 Å². The summed E-state index contributed by atoms with van der Waals surface area (Å²) >= 11 is 0. The van der Waals surface area contributed by atoms with Crippen molar-refractivity contribution < 1.29 is 0 Å². The second kappa shape index (κ2) is 2.71. The Morgan fingerprint density at radius 2 is 2.00 bits per heavy atom. The Morgan fingerprint density at radius 3 is 2.25 bits per heavy atom. The molecule has 0 aliphatic carbocycles. The highest BCUT2D eigenvalue weighted by Crippen LogP contribution is 2.28. The molecular formula is C10H20N2. The van der Waals surface area contributed by atoms with Crippen LogP contribution in [0, 0.1) is 0 Å². The molecule has 1 N–H and O–H groups in total. The zero-order valence-electron chi connectivity index (χ0n) is 8.43. The quantitative estimate of drug-likeness (QED) is 0.585. The molecule has 0 saturated carbocycles. The van der Waals surface area contributed by atoms with Crippen LogP contribution in [0.4, 0.5) is 0 Å². The van der Waals surface area contributed by atoms with Gasteiger partial charge in [0.1, 0.15) is 0 Å². The second-order valence-electron chi connectivity index (χ2n) is 5.16. The Bertz CT molecular complexity index is 163. The molecule has 3 heterocycles. The predicted octanol–water partition coefficient (Wildman–Crippen LogP) is 1.22. The Hall–Kier alpha value is -0.0800. The van der Waals surface area contributed by atoms with Gasteiger partial charge in [-0.3, -0.25) is 4.90 Å². The van der Waals surface area contributed by atoms with Gasteiger partial charge in [-0.05, 0) is 33.6 Å². The maximum atomic E-state index is 3.58. The summed E-state index contributed by atoms with van der Waals surface area (Å²) in [6, 6.07) is 1.57. The molecule has 3 aliphatic rings. The molecule has 3 fully saturated rings. The van der Waals surface area contributed by atoms with Gasteiger partial charge in [0.05, 0.1) is 0 Å². The first-order chi connectivity index (χ1) is 5.57. The van der Waals surface area contributed by atoms with Crippen LogP contribution in [0.3, 0.4) is 0 Å². The van der Waals surface area contributed by atoms with Crippen molar-refractivity contribution in [3.63, 3.8) is 0 Å². The van der Waals surface area contributed by atoms with Crippen LogP contribution in [0.2, 0.25) is 0 Å². The molecule has 3 aliphatic heterocycles. The minimum absolute atomic E-state index is 0.367. The van der Waals surface area contributed by atoms with E-state index in [0.717, 1.165) is 12.1 Å². The van der Waals surface area contributed by atoms with Gasteiger partial charge >= 0.3 is 0 Å².